The SMILES string of the molecule is N#Cc1ccccc1COc1ccc(F)cc1[N+](=O)[O-]. The molecule has 0 fully saturated rings. The van der Waals surface area contributed by atoms with Crippen LogP contribution in [0.4, 0.5) is 10.1 Å². The number of nitro groups is 1. The lowest BCUT2D eigenvalue weighted by molar-refractivity contribution is -0.386. The zero-order valence-electron chi connectivity index (χ0n) is 10.2. The van der Waals surface area contributed by atoms with E-state index in [0.717, 1.165) is 12.1 Å². The molecule has 0 heterocycles. The van der Waals surface area contributed by atoms with E-state index < -0.39 is 16.4 Å². The number of rotatable bonds is 4. The zero-order chi connectivity index (χ0) is 14.5. The maximum Gasteiger partial charge on any atom is 0.313 e. The number of halogens is 1. The topological polar surface area (TPSA) is 76.2 Å². The minimum atomic E-state index is -0.714. The molecule has 0 N–H and O–H groups in total. The molecule has 0 unspecified atom stereocenters. The fourth-order valence-corrected chi connectivity index (χ4v) is 1.67. The lowest BCUT2D eigenvalue weighted by Gasteiger charge is -2.08. The van der Waals surface area contributed by atoms with Crippen molar-refractivity contribution in [2.45, 2.75) is 6.61 Å². The molecule has 2 aromatic rings. The van der Waals surface area contributed by atoms with E-state index in [9.17, 15) is 14.5 Å². The molecular formula is C14H9FN2O3. The van der Waals surface area contributed by atoms with Crippen LogP contribution in [0.25, 0.3) is 0 Å². The van der Waals surface area contributed by atoms with Crippen LogP contribution in [-0.4, -0.2) is 4.92 Å². The summed E-state index contributed by atoms with van der Waals surface area (Å²) in [7, 11) is 0. The van der Waals surface area contributed by atoms with Gasteiger partial charge >= 0.3 is 5.69 Å². The van der Waals surface area contributed by atoms with E-state index >= 15 is 0 Å². The van der Waals surface area contributed by atoms with Gasteiger partial charge in [0.15, 0.2) is 5.75 Å². The van der Waals surface area contributed by atoms with Gasteiger partial charge < -0.3 is 4.74 Å². The summed E-state index contributed by atoms with van der Waals surface area (Å²) in [6.45, 7) is -0.00376. The second-order valence-corrected chi connectivity index (χ2v) is 3.93. The first-order chi connectivity index (χ1) is 9.61. The van der Waals surface area contributed by atoms with Gasteiger partial charge in [0, 0.05) is 5.56 Å². The number of ether oxygens (including phenoxy) is 1. The third kappa shape index (κ3) is 2.90. The normalized spacial score (nSPS) is 9.80. The summed E-state index contributed by atoms with van der Waals surface area (Å²) in [6.07, 6.45) is 0. The van der Waals surface area contributed by atoms with Crippen LogP contribution in [0.5, 0.6) is 5.75 Å². The molecule has 0 aliphatic rings. The van der Waals surface area contributed by atoms with Gasteiger partial charge in [-0.25, -0.2) is 4.39 Å². The van der Waals surface area contributed by atoms with Gasteiger partial charge in [0.1, 0.15) is 12.4 Å². The summed E-state index contributed by atoms with van der Waals surface area (Å²) in [5, 5.41) is 19.7. The van der Waals surface area contributed by atoms with Crippen molar-refractivity contribution >= 4 is 5.69 Å². The van der Waals surface area contributed by atoms with Gasteiger partial charge in [-0.3, -0.25) is 10.1 Å². The minimum Gasteiger partial charge on any atom is -0.482 e. The molecule has 0 radical (unpaired) electrons. The third-order valence-electron chi connectivity index (χ3n) is 2.64. The second-order valence-electron chi connectivity index (χ2n) is 3.93. The van der Waals surface area contributed by atoms with E-state index in [1.54, 1.807) is 24.3 Å². The zero-order valence-corrected chi connectivity index (χ0v) is 10.2. The lowest BCUT2D eigenvalue weighted by Crippen LogP contribution is -2.01. The van der Waals surface area contributed by atoms with Crippen LogP contribution in [0.1, 0.15) is 11.1 Å². The Hall–Kier alpha value is -2.94. The number of benzene rings is 2. The molecule has 0 amide bonds. The molecular weight excluding hydrogens is 263 g/mol. The smallest absolute Gasteiger partial charge is 0.313 e. The fraction of sp³-hybridized carbons (Fsp3) is 0.0714. The van der Waals surface area contributed by atoms with E-state index in [-0.39, 0.29) is 12.4 Å². The molecule has 0 aliphatic carbocycles. The Balaban J connectivity index is 2.24. The summed E-state index contributed by atoms with van der Waals surface area (Å²) in [5.41, 5.74) is 0.588. The summed E-state index contributed by atoms with van der Waals surface area (Å²) < 4.78 is 18.3. The van der Waals surface area contributed by atoms with Gasteiger partial charge in [0.05, 0.1) is 22.6 Å². The van der Waals surface area contributed by atoms with Gasteiger partial charge in [-0.2, -0.15) is 5.26 Å². The monoisotopic (exact) mass is 272 g/mol. The largest absolute Gasteiger partial charge is 0.482 e. The van der Waals surface area contributed by atoms with Crippen LogP contribution < -0.4 is 4.74 Å². The number of hydrogen-bond acceptors (Lipinski definition) is 4. The van der Waals surface area contributed by atoms with Crippen molar-refractivity contribution in [1.29, 1.82) is 5.26 Å². The predicted octanol–water partition coefficient (Wildman–Crippen LogP) is 3.18. The summed E-state index contributed by atoms with van der Waals surface area (Å²) in [4.78, 5) is 10.1. The highest BCUT2D eigenvalue weighted by Gasteiger charge is 2.16. The molecule has 2 aromatic carbocycles. The van der Waals surface area contributed by atoms with Crippen LogP contribution in [0.15, 0.2) is 42.5 Å². The molecule has 20 heavy (non-hydrogen) atoms. The number of nitro benzene ring substituents is 1. The Labute approximate surface area is 114 Å². The number of hydrogen-bond donors (Lipinski definition) is 0. The van der Waals surface area contributed by atoms with E-state index in [4.69, 9.17) is 10.00 Å². The Morgan fingerprint density at radius 1 is 1.30 bits per heavy atom. The molecule has 0 atom stereocenters. The molecule has 0 bridgehead atoms. The van der Waals surface area contributed by atoms with Crippen molar-refractivity contribution in [3.05, 3.63) is 69.5 Å². The molecule has 2 rings (SSSR count). The van der Waals surface area contributed by atoms with Crippen molar-refractivity contribution in [2.75, 3.05) is 0 Å². The van der Waals surface area contributed by atoms with Gasteiger partial charge in [-0.1, -0.05) is 18.2 Å². The van der Waals surface area contributed by atoms with Crippen molar-refractivity contribution < 1.29 is 14.1 Å². The number of nitriles is 1. The quantitative estimate of drug-likeness (QED) is 0.632. The summed E-state index contributed by atoms with van der Waals surface area (Å²) >= 11 is 0. The standard InChI is InChI=1S/C14H9FN2O3/c15-12-5-6-14(13(7-12)17(18)19)20-9-11-4-2-1-3-10(11)8-16/h1-7H,9H2. The molecule has 0 spiro atoms. The Morgan fingerprint density at radius 3 is 2.75 bits per heavy atom. The predicted molar refractivity (Wildman–Crippen MR) is 68.5 cm³/mol. The molecule has 6 heteroatoms. The summed E-state index contributed by atoms with van der Waals surface area (Å²) in [5.74, 6) is -0.745. The van der Waals surface area contributed by atoms with E-state index in [1.807, 2.05) is 6.07 Å². The highest BCUT2D eigenvalue weighted by atomic mass is 19.1. The molecule has 0 aliphatic heterocycles. The first-order valence-corrected chi connectivity index (χ1v) is 5.66. The van der Waals surface area contributed by atoms with Crippen LogP contribution >= 0.6 is 0 Å². The fourth-order valence-electron chi connectivity index (χ4n) is 1.67. The maximum atomic E-state index is 13.0. The van der Waals surface area contributed by atoms with Crippen LogP contribution in [0, 0.1) is 27.3 Å². The molecule has 0 saturated heterocycles. The van der Waals surface area contributed by atoms with Crippen molar-refractivity contribution in [1.82, 2.24) is 0 Å². The minimum absolute atomic E-state index is 0.00376. The van der Waals surface area contributed by atoms with Crippen molar-refractivity contribution in [3.8, 4) is 11.8 Å². The average molecular weight is 272 g/mol. The molecule has 100 valence electrons. The van der Waals surface area contributed by atoms with Crippen LogP contribution in [0.3, 0.4) is 0 Å². The first-order valence-electron chi connectivity index (χ1n) is 5.66. The second kappa shape index (κ2) is 5.80. The van der Waals surface area contributed by atoms with Gasteiger partial charge in [0.25, 0.3) is 0 Å². The molecule has 5 nitrogen and oxygen atoms in total. The van der Waals surface area contributed by atoms with E-state index in [1.165, 1.54) is 6.07 Å². The van der Waals surface area contributed by atoms with Crippen molar-refractivity contribution in [3.63, 3.8) is 0 Å². The highest BCUT2D eigenvalue weighted by molar-refractivity contribution is 5.46. The van der Waals surface area contributed by atoms with Crippen molar-refractivity contribution in [2.24, 2.45) is 0 Å². The third-order valence-corrected chi connectivity index (χ3v) is 2.64. The first kappa shape index (κ1) is 13.5. The Bertz CT molecular complexity index is 695. The van der Waals surface area contributed by atoms with E-state index in [0.29, 0.717) is 11.1 Å². The lowest BCUT2D eigenvalue weighted by atomic mass is 10.1. The van der Waals surface area contributed by atoms with Crippen LogP contribution in [0.2, 0.25) is 0 Å². The Morgan fingerprint density at radius 2 is 2.05 bits per heavy atom. The molecule has 0 aromatic heterocycles. The van der Waals surface area contributed by atoms with Gasteiger partial charge in [-0.15, -0.1) is 0 Å². The molecule has 0 saturated carbocycles. The highest BCUT2D eigenvalue weighted by Crippen LogP contribution is 2.28. The van der Waals surface area contributed by atoms with Gasteiger partial charge in [-0.05, 0) is 18.2 Å². The Kier molecular flexibility index (Phi) is 3.91. The van der Waals surface area contributed by atoms with Crippen LogP contribution in [-0.2, 0) is 6.61 Å². The average Bonchev–Trinajstić information content (AvgIpc) is 2.46. The van der Waals surface area contributed by atoms with Gasteiger partial charge in [0.2, 0.25) is 0 Å². The maximum absolute atomic E-state index is 13.0. The number of nitrogens with zero attached hydrogens (tertiary/aromatic N) is 2. The van der Waals surface area contributed by atoms with E-state index in [2.05, 4.69) is 0 Å². The summed E-state index contributed by atoms with van der Waals surface area (Å²) in [6, 6.07) is 11.8.